The normalized spacial score (nSPS) is 15.4. The predicted octanol–water partition coefficient (Wildman–Crippen LogP) is 9.15. The maximum Gasteiger partial charge on any atom is 0.462 e. The zero-order chi connectivity index (χ0) is 27.7. The van der Waals surface area contributed by atoms with E-state index in [4.69, 9.17) is 8.83 Å². The van der Waals surface area contributed by atoms with E-state index >= 15 is 0 Å². The van der Waals surface area contributed by atoms with E-state index in [9.17, 15) is 0 Å². The average molecular weight is 540 g/mol. The van der Waals surface area contributed by atoms with Gasteiger partial charge in [0.25, 0.3) is 0 Å². The molecule has 0 saturated carbocycles. The molecule has 42 heavy (non-hydrogen) atoms. The Morgan fingerprint density at radius 1 is 0.595 bits per heavy atom. The number of furan rings is 2. The lowest BCUT2D eigenvalue weighted by Crippen LogP contribution is -2.55. The van der Waals surface area contributed by atoms with E-state index < -0.39 is 0 Å². The molecule has 4 nitrogen and oxygen atoms in total. The van der Waals surface area contributed by atoms with E-state index in [0.717, 1.165) is 61.7 Å². The van der Waals surface area contributed by atoms with Crippen molar-refractivity contribution >= 4 is 57.5 Å². The lowest BCUT2D eigenvalue weighted by molar-refractivity contribution is 0.625. The minimum atomic E-state index is -0.231. The van der Waals surface area contributed by atoms with E-state index in [2.05, 4.69) is 127 Å². The van der Waals surface area contributed by atoms with Gasteiger partial charge in [0.15, 0.2) is 0 Å². The number of nitrogens with zero attached hydrogens (tertiary/aromatic N) is 2. The summed E-state index contributed by atoms with van der Waals surface area (Å²) in [5, 5.41) is 2.23. The van der Waals surface area contributed by atoms with Crippen LogP contribution in [0.15, 0.2) is 124 Å². The van der Waals surface area contributed by atoms with Crippen LogP contribution in [0.3, 0.4) is 0 Å². The summed E-state index contributed by atoms with van der Waals surface area (Å²) in [4.78, 5) is 4.78. The second-order valence-electron chi connectivity index (χ2n) is 12.1. The monoisotopic (exact) mass is 540 g/mol. The van der Waals surface area contributed by atoms with Crippen LogP contribution in [0.25, 0.3) is 44.2 Å². The van der Waals surface area contributed by atoms with Gasteiger partial charge in [0.1, 0.15) is 22.5 Å². The Kier molecular flexibility index (Phi) is 4.06. The standard InChI is InChI=1S/C37H25BN2O2/c1-37(2)28-15-7-3-11-23(28)24-20-19-22(21-29(24)37)39-34-27-14-6-10-18-32(27)42-36(34)40-30-16-8-4-12-25(30)33-26-13-5-9-17-31(26)41-35(33)38(39)40/h3-21H,1-2H3. The Hall–Kier alpha value is -5.16. The maximum atomic E-state index is 6.78. The molecular formula is C37H25BN2O2. The molecule has 5 heteroatoms. The Morgan fingerprint density at radius 3 is 2.12 bits per heavy atom. The van der Waals surface area contributed by atoms with Crippen LogP contribution in [0.5, 0.6) is 0 Å². The van der Waals surface area contributed by atoms with Crippen molar-refractivity contribution in [3.8, 4) is 22.3 Å². The highest BCUT2D eigenvalue weighted by atomic mass is 16.4. The van der Waals surface area contributed by atoms with Crippen molar-refractivity contribution in [2.45, 2.75) is 19.3 Å². The van der Waals surface area contributed by atoms with Gasteiger partial charge in [-0.1, -0.05) is 92.7 Å². The molecular weight excluding hydrogens is 515 g/mol. The van der Waals surface area contributed by atoms with Gasteiger partial charge in [-0.3, -0.25) is 0 Å². The molecule has 198 valence electrons. The van der Waals surface area contributed by atoms with Crippen molar-refractivity contribution < 1.29 is 8.83 Å². The summed E-state index contributed by atoms with van der Waals surface area (Å²) in [5.74, 6) is 0.850. The largest absolute Gasteiger partial charge is 0.465 e. The summed E-state index contributed by atoms with van der Waals surface area (Å²) in [6.45, 7) is 4.44. The Morgan fingerprint density at radius 2 is 1.26 bits per heavy atom. The van der Waals surface area contributed by atoms with Crippen molar-refractivity contribution in [2.75, 3.05) is 9.62 Å². The predicted molar refractivity (Wildman–Crippen MR) is 172 cm³/mol. The first-order valence-electron chi connectivity index (χ1n) is 14.6. The minimum Gasteiger partial charge on any atom is -0.465 e. The molecule has 0 bridgehead atoms. The van der Waals surface area contributed by atoms with E-state index in [1.807, 2.05) is 12.1 Å². The SMILES string of the molecule is CC1(C)c2ccccc2-c2ccc(N3B4c5oc6ccccc6c5-c5ccccc5N4c4oc5ccccc5c43)cc21. The van der Waals surface area contributed by atoms with Gasteiger partial charge in [0.05, 0.1) is 0 Å². The van der Waals surface area contributed by atoms with Gasteiger partial charge in [-0.25, -0.2) is 0 Å². The molecule has 4 heterocycles. The maximum absolute atomic E-state index is 6.78. The van der Waals surface area contributed by atoms with Gasteiger partial charge in [0.2, 0.25) is 5.88 Å². The van der Waals surface area contributed by atoms with E-state index in [1.54, 1.807) is 0 Å². The Bertz CT molecular complexity index is 2280. The van der Waals surface area contributed by atoms with Crippen LogP contribution in [0.4, 0.5) is 22.9 Å². The van der Waals surface area contributed by atoms with Crippen LogP contribution in [-0.4, -0.2) is 6.98 Å². The highest BCUT2D eigenvalue weighted by Crippen LogP contribution is 2.57. The smallest absolute Gasteiger partial charge is 0.462 e. The molecule has 2 aliphatic heterocycles. The first kappa shape index (κ1) is 22.5. The van der Waals surface area contributed by atoms with Gasteiger partial charge < -0.3 is 18.5 Å². The van der Waals surface area contributed by atoms with E-state index in [1.165, 1.54) is 22.3 Å². The first-order valence-corrected chi connectivity index (χ1v) is 14.6. The number of anilines is 4. The van der Waals surface area contributed by atoms with Crippen LogP contribution in [0, 0.1) is 0 Å². The molecule has 5 aromatic carbocycles. The number of rotatable bonds is 1. The fourth-order valence-electron chi connectivity index (χ4n) is 7.77. The average Bonchev–Trinajstić information content (AvgIpc) is 3.74. The molecule has 0 unspecified atom stereocenters. The molecule has 0 spiro atoms. The topological polar surface area (TPSA) is 32.8 Å². The highest BCUT2D eigenvalue weighted by molar-refractivity contribution is 6.86. The second-order valence-corrected chi connectivity index (χ2v) is 12.1. The molecule has 0 atom stereocenters. The zero-order valence-electron chi connectivity index (χ0n) is 23.3. The lowest BCUT2D eigenvalue weighted by atomic mass is 9.63. The molecule has 0 N–H and O–H groups in total. The van der Waals surface area contributed by atoms with Gasteiger partial charge in [-0.05, 0) is 58.7 Å². The summed E-state index contributed by atoms with van der Waals surface area (Å²) < 4.78 is 13.5. The molecule has 0 fully saturated rings. The quantitative estimate of drug-likeness (QED) is 0.195. The van der Waals surface area contributed by atoms with Crippen molar-refractivity contribution in [3.63, 3.8) is 0 Å². The fraction of sp³-hybridized carbons (Fsp3) is 0.0811. The highest BCUT2D eigenvalue weighted by Gasteiger charge is 2.54. The van der Waals surface area contributed by atoms with E-state index in [0.29, 0.717) is 0 Å². The molecule has 3 aliphatic rings. The third kappa shape index (κ3) is 2.60. The summed E-state index contributed by atoms with van der Waals surface area (Å²) in [5.41, 5.74) is 13.6. The van der Waals surface area contributed by atoms with Gasteiger partial charge in [-0.15, -0.1) is 0 Å². The first-order chi connectivity index (χ1) is 20.6. The van der Waals surface area contributed by atoms with Gasteiger partial charge in [0, 0.05) is 38.7 Å². The van der Waals surface area contributed by atoms with Crippen LogP contribution < -0.4 is 15.3 Å². The summed E-state index contributed by atoms with van der Waals surface area (Å²) in [6.07, 6.45) is 0. The number of fused-ring (bicyclic) bond motifs is 15. The van der Waals surface area contributed by atoms with Crippen molar-refractivity contribution in [1.82, 2.24) is 0 Å². The molecule has 2 aromatic heterocycles. The second kappa shape index (κ2) is 7.57. The molecule has 10 rings (SSSR count). The molecule has 1 aliphatic carbocycles. The minimum absolute atomic E-state index is 0.105. The van der Waals surface area contributed by atoms with Crippen molar-refractivity contribution in [2.24, 2.45) is 0 Å². The van der Waals surface area contributed by atoms with Crippen LogP contribution in [0.2, 0.25) is 0 Å². The van der Waals surface area contributed by atoms with Gasteiger partial charge >= 0.3 is 6.98 Å². The lowest BCUT2D eigenvalue weighted by Gasteiger charge is -2.34. The van der Waals surface area contributed by atoms with Crippen molar-refractivity contribution in [3.05, 3.63) is 126 Å². The Labute approximate surface area is 243 Å². The molecule has 7 aromatic rings. The number of hydrogen-bond acceptors (Lipinski definition) is 4. The number of hydrogen-bond donors (Lipinski definition) is 0. The summed E-state index contributed by atoms with van der Waals surface area (Å²) in [6, 6.07) is 41.2. The Balaban J connectivity index is 1.29. The van der Waals surface area contributed by atoms with Crippen LogP contribution in [0.1, 0.15) is 25.0 Å². The number of benzene rings is 5. The number of para-hydroxylation sites is 3. The molecule has 0 amide bonds. The molecule has 0 saturated heterocycles. The van der Waals surface area contributed by atoms with Crippen molar-refractivity contribution in [1.29, 1.82) is 0 Å². The van der Waals surface area contributed by atoms with E-state index in [-0.39, 0.29) is 12.4 Å². The van der Waals surface area contributed by atoms with Crippen LogP contribution >= 0.6 is 0 Å². The zero-order valence-corrected chi connectivity index (χ0v) is 23.3. The summed E-state index contributed by atoms with van der Waals surface area (Å²) >= 11 is 0. The summed E-state index contributed by atoms with van der Waals surface area (Å²) in [7, 11) is 0. The molecule has 0 radical (unpaired) electrons. The van der Waals surface area contributed by atoms with Crippen LogP contribution in [-0.2, 0) is 5.41 Å². The fourth-order valence-corrected chi connectivity index (χ4v) is 7.77. The third-order valence-electron chi connectivity index (χ3n) is 9.64. The third-order valence-corrected chi connectivity index (χ3v) is 9.64. The van der Waals surface area contributed by atoms with Gasteiger partial charge in [-0.2, -0.15) is 0 Å².